The van der Waals surface area contributed by atoms with Gasteiger partial charge in [-0.05, 0) is 46.0 Å². The van der Waals surface area contributed by atoms with E-state index in [-0.39, 0.29) is 11.7 Å². The normalized spacial score (nSPS) is 30.9. The van der Waals surface area contributed by atoms with E-state index in [1.165, 1.54) is 12.8 Å². The van der Waals surface area contributed by atoms with Crippen LogP contribution in [0.5, 0.6) is 0 Å². The van der Waals surface area contributed by atoms with E-state index in [0.717, 1.165) is 18.9 Å². The zero-order valence-corrected chi connectivity index (χ0v) is 9.25. The minimum Gasteiger partial charge on any atom is -0.444 e. The minimum absolute atomic E-state index is 0.121. The van der Waals surface area contributed by atoms with Crippen LogP contribution in [0.1, 0.15) is 40.0 Å². The fourth-order valence-corrected chi connectivity index (χ4v) is 2.16. The van der Waals surface area contributed by atoms with Crippen molar-refractivity contribution in [2.75, 3.05) is 6.54 Å². The highest BCUT2D eigenvalue weighted by Gasteiger charge is 2.47. The van der Waals surface area contributed by atoms with Crippen LogP contribution >= 0.6 is 0 Å². The molecule has 0 aromatic heterocycles. The maximum absolute atomic E-state index is 11.8. The average Bonchev–Trinajstić information content (AvgIpc) is 2.77. The molecule has 2 rings (SSSR count). The molecule has 0 radical (unpaired) electrons. The van der Waals surface area contributed by atoms with Crippen LogP contribution in [0, 0.1) is 5.92 Å². The highest BCUT2D eigenvalue weighted by molar-refractivity contribution is 5.69. The molecule has 1 saturated heterocycles. The first kappa shape index (κ1) is 9.81. The molecular weight excluding hydrogens is 178 g/mol. The first-order valence-electron chi connectivity index (χ1n) is 5.47. The molecule has 0 unspecified atom stereocenters. The molecule has 1 aliphatic heterocycles. The van der Waals surface area contributed by atoms with E-state index >= 15 is 0 Å². The third-order valence-corrected chi connectivity index (χ3v) is 2.89. The lowest BCUT2D eigenvalue weighted by molar-refractivity contribution is 0.0194. The van der Waals surface area contributed by atoms with E-state index in [0.29, 0.717) is 6.04 Å². The van der Waals surface area contributed by atoms with Gasteiger partial charge in [-0.3, -0.25) is 0 Å². The summed E-state index contributed by atoms with van der Waals surface area (Å²) in [5.74, 6) is 0.774. The molecule has 80 valence electrons. The maximum atomic E-state index is 11.8. The van der Waals surface area contributed by atoms with Crippen LogP contribution < -0.4 is 0 Å². The predicted octanol–water partition coefficient (Wildman–Crippen LogP) is 2.41. The lowest BCUT2D eigenvalue weighted by Gasteiger charge is -2.29. The Kier molecular flexibility index (Phi) is 2.20. The Morgan fingerprint density at radius 3 is 2.79 bits per heavy atom. The molecular formula is C11H19NO2. The first-order valence-corrected chi connectivity index (χ1v) is 5.47. The molecule has 2 aliphatic rings. The minimum atomic E-state index is -0.362. The molecule has 2 fully saturated rings. The van der Waals surface area contributed by atoms with E-state index in [1.807, 2.05) is 25.7 Å². The Morgan fingerprint density at radius 2 is 2.14 bits per heavy atom. The van der Waals surface area contributed by atoms with Crippen LogP contribution in [-0.2, 0) is 4.74 Å². The Labute approximate surface area is 85.4 Å². The second-order valence-corrected chi connectivity index (χ2v) is 5.38. The lowest BCUT2D eigenvalue weighted by atomic mass is 10.1. The Bertz CT molecular complexity index is 244. The summed E-state index contributed by atoms with van der Waals surface area (Å²) in [6.07, 6.45) is 3.51. The van der Waals surface area contributed by atoms with Crippen molar-refractivity contribution in [3.05, 3.63) is 0 Å². The number of fused-ring (bicyclic) bond motifs is 1. The van der Waals surface area contributed by atoms with Crippen LogP contribution in [0.2, 0.25) is 0 Å². The van der Waals surface area contributed by atoms with Crippen molar-refractivity contribution in [3.63, 3.8) is 0 Å². The molecule has 1 saturated carbocycles. The maximum Gasteiger partial charge on any atom is 0.410 e. The summed E-state index contributed by atoms with van der Waals surface area (Å²) >= 11 is 0. The van der Waals surface area contributed by atoms with E-state index < -0.39 is 0 Å². The van der Waals surface area contributed by atoms with Crippen molar-refractivity contribution in [3.8, 4) is 0 Å². The number of piperidine rings is 1. The quantitative estimate of drug-likeness (QED) is 0.597. The fourth-order valence-electron chi connectivity index (χ4n) is 2.16. The van der Waals surface area contributed by atoms with Gasteiger partial charge in [0.25, 0.3) is 0 Å². The summed E-state index contributed by atoms with van der Waals surface area (Å²) < 4.78 is 5.36. The van der Waals surface area contributed by atoms with Crippen molar-refractivity contribution in [1.29, 1.82) is 0 Å². The van der Waals surface area contributed by atoms with Crippen LogP contribution in [0.4, 0.5) is 4.79 Å². The van der Waals surface area contributed by atoms with Gasteiger partial charge < -0.3 is 9.64 Å². The molecule has 1 aliphatic carbocycles. The zero-order chi connectivity index (χ0) is 10.3. The largest absolute Gasteiger partial charge is 0.444 e. The van der Waals surface area contributed by atoms with Crippen LogP contribution in [0.25, 0.3) is 0 Å². The van der Waals surface area contributed by atoms with Gasteiger partial charge in [0.2, 0.25) is 0 Å². The number of likely N-dealkylation sites (tertiary alicyclic amines) is 1. The summed E-state index contributed by atoms with van der Waals surface area (Å²) in [6.45, 7) is 6.63. The van der Waals surface area contributed by atoms with Gasteiger partial charge in [0.05, 0.1) is 0 Å². The number of amides is 1. The number of rotatable bonds is 0. The highest BCUT2D eigenvalue weighted by atomic mass is 16.6. The Balaban J connectivity index is 1.91. The zero-order valence-electron chi connectivity index (χ0n) is 9.25. The number of hydrogen-bond acceptors (Lipinski definition) is 2. The molecule has 0 spiro atoms. The molecule has 0 aromatic rings. The number of hydrogen-bond donors (Lipinski definition) is 0. The second kappa shape index (κ2) is 3.14. The van der Waals surface area contributed by atoms with E-state index in [1.54, 1.807) is 0 Å². The molecule has 3 nitrogen and oxygen atoms in total. The Hall–Kier alpha value is -0.730. The van der Waals surface area contributed by atoms with Crippen LogP contribution in [-0.4, -0.2) is 29.2 Å². The molecule has 0 bridgehead atoms. The average molecular weight is 197 g/mol. The van der Waals surface area contributed by atoms with Gasteiger partial charge in [-0.15, -0.1) is 0 Å². The molecule has 1 heterocycles. The molecule has 0 N–H and O–H groups in total. The van der Waals surface area contributed by atoms with Gasteiger partial charge in [-0.25, -0.2) is 4.79 Å². The summed E-state index contributed by atoms with van der Waals surface area (Å²) in [4.78, 5) is 13.7. The van der Waals surface area contributed by atoms with Gasteiger partial charge in [-0.2, -0.15) is 0 Å². The van der Waals surface area contributed by atoms with Crippen LogP contribution in [0.15, 0.2) is 0 Å². The highest BCUT2D eigenvalue weighted by Crippen LogP contribution is 2.43. The second-order valence-electron chi connectivity index (χ2n) is 5.38. The van der Waals surface area contributed by atoms with Crippen molar-refractivity contribution >= 4 is 6.09 Å². The fraction of sp³-hybridized carbons (Fsp3) is 0.909. The number of carbonyl (C=O) groups is 1. The standard InChI is InChI=1S/C11H19NO2/c1-11(2,3)14-10(13)12-6-4-5-8-7-9(8)12/h8-9H,4-7H2,1-3H3/t8-,9+/m1/s1. The Morgan fingerprint density at radius 1 is 1.43 bits per heavy atom. The smallest absolute Gasteiger partial charge is 0.410 e. The lowest BCUT2D eigenvalue weighted by Crippen LogP contribution is -2.41. The third-order valence-electron chi connectivity index (χ3n) is 2.89. The van der Waals surface area contributed by atoms with Crippen LogP contribution in [0.3, 0.4) is 0 Å². The van der Waals surface area contributed by atoms with Crippen molar-refractivity contribution in [2.24, 2.45) is 5.92 Å². The third kappa shape index (κ3) is 2.02. The van der Waals surface area contributed by atoms with Crippen molar-refractivity contribution in [2.45, 2.75) is 51.7 Å². The van der Waals surface area contributed by atoms with Crippen molar-refractivity contribution < 1.29 is 9.53 Å². The van der Waals surface area contributed by atoms with E-state index in [2.05, 4.69) is 0 Å². The summed E-state index contributed by atoms with van der Waals surface area (Å²) in [5, 5.41) is 0. The monoisotopic (exact) mass is 197 g/mol. The summed E-state index contributed by atoms with van der Waals surface area (Å²) in [7, 11) is 0. The van der Waals surface area contributed by atoms with Gasteiger partial charge in [0.15, 0.2) is 0 Å². The van der Waals surface area contributed by atoms with Gasteiger partial charge in [-0.1, -0.05) is 0 Å². The first-order chi connectivity index (χ1) is 6.47. The predicted molar refractivity (Wildman–Crippen MR) is 54.1 cm³/mol. The number of nitrogens with zero attached hydrogens (tertiary/aromatic N) is 1. The summed E-state index contributed by atoms with van der Waals surface area (Å²) in [5.41, 5.74) is -0.362. The van der Waals surface area contributed by atoms with E-state index in [9.17, 15) is 4.79 Å². The number of ether oxygens (including phenoxy) is 1. The van der Waals surface area contributed by atoms with Gasteiger partial charge in [0.1, 0.15) is 5.60 Å². The topological polar surface area (TPSA) is 29.5 Å². The molecule has 1 amide bonds. The molecule has 0 aromatic carbocycles. The SMILES string of the molecule is CC(C)(C)OC(=O)N1CCC[C@@H]2C[C@@H]21. The molecule has 2 atom stereocenters. The number of carbonyl (C=O) groups excluding carboxylic acids is 1. The van der Waals surface area contributed by atoms with Gasteiger partial charge in [0, 0.05) is 12.6 Å². The van der Waals surface area contributed by atoms with E-state index in [4.69, 9.17) is 4.74 Å². The summed E-state index contributed by atoms with van der Waals surface area (Å²) in [6, 6.07) is 0.499. The van der Waals surface area contributed by atoms with Crippen molar-refractivity contribution in [1.82, 2.24) is 4.90 Å². The molecule has 3 heteroatoms. The molecule has 14 heavy (non-hydrogen) atoms. The van der Waals surface area contributed by atoms with Gasteiger partial charge >= 0.3 is 6.09 Å².